The van der Waals surface area contributed by atoms with Gasteiger partial charge in [-0.3, -0.25) is 0 Å². The van der Waals surface area contributed by atoms with Crippen molar-refractivity contribution in [1.82, 2.24) is 4.31 Å². The molecule has 0 aromatic heterocycles. The monoisotopic (exact) mass is 302 g/mol. The Balaban J connectivity index is 3.34. The molecule has 1 aromatic carbocycles. The van der Waals surface area contributed by atoms with Crippen LogP contribution in [0.25, 0.3) is 0 Å². The first kappa shape index (κ1) is 16.4. The number of carbonyl (C=O) groups is 1. The number of nitrogens with two attached hydrogens (primary N) is 1. The largest absolute Gasteiger partial charge is 0.478 e. The van der Waals surface area contributed by atoms with Gasteiger partial charge in [-0.15, -0.1) is 0 Å². The molecule has 1 aromatic rings. The minimum atomic E-state index is -3.93. The summed E-state index contributed by atoms with van der Waals surface area (Å²) >= 11 is 0. The van der Waals surface area contributed by atoms with Gasteiger partial charge in [-0.05, 0) is 32.0 Å². The summed E-state index contributed by atoms with van der Waals surface area (Å²) in [7, 11) is -2.60. The molecule has 0 heterocycles. The van der Waals surface area contributed by atoms with Gasteiger partial charge in [0.25, 0.3) is 0 Å². The topological polar surface area (TPSA) is 121 Å². The molecule has 1 rings (SSSR count). The molecule has 0 aliphatic heterocycles. The van der Waals surface area contributed by atoms with E-state index < -0.39 is 21.5 Å². The Bertz CT molecular complexity index is 625. The predicted octanol–water partition coefficient (Wildman–Crippen LogP) is 0.358. The molecular formula is C12H18N2O5S. The lowest BCUT2D eigenvalue weighted by Crippen LogP contribution is -2.47. The molecule has 0 bridgehead atoms. The Hall–Kier alpha value is -1.64. The molecule has 7 nitrogen and oxygen atoms in total. The van der Waals surface area contributed by atoms with Gasteiger partial charge in [-0.1, -0.05) is 0 Å². The number of nitrogen functional groups attached to an aromatic ring is 1. The van der Waals surface area contributed by atoms with Crippen LogP contribution in [0.5, 0.6) is 0 Å². The van der Waals surface area contributed by atoms with Gasteiger partial charge >= 0.3 is 5.97 Å². The number of hydrogen-bond donors (Lipinski definition) is 3. The molecule has 0 fully saturated rings. The van der Waals surface area contributed by atoms with E-state index >= 15 is 0 Å². The van der Waals surface area contributed by atoms with Crippen LogP contribution in [0, 0.1) is 0 Å². The third kappa shape index (κ3) is 2.92. The molecule has 0 radical (unpaired) electrons. The van der Waals surface area contributed by atoms with Crippen LogP contribution in [-0.4, -0.2) is 48.1 Å². The molecule has 20 heavy (non-hydrogen) atoms. The first-order chi connectivity index (χ1) is 9.04. The van der Waals surface area contributed by atoms with E-state index in [1.54, 1.807) is 13.8 Å². The summed E-state index contributed by atoms with van der Waals surface area (Å²) in [5, 5.41) is 18.1. The van der Waals surface area contributed by atoms with E-state index in [2.05, 4.69) is 0 Å². The SMILES string of the molecule is CN(C(C)(C)CO)S(=O)(=O)c1ccc(C(=O)O)cc1N. The third-order valence-electron chi connectivity index (χ3n) is 3.13. The molecule has 0 amide bonds. The van der Waals surface area contributed by atoms with Crippen LogP contribution < -0.4 is 5.73 Å². The van der Waals surface area contributed by atoms with Crippen molar-refractivity contribution < 1.29 is 23.4 Å². The summed E-state index contributed by atoms with van der Waals surface area (Å²) in [6.45, 7) is 2.76. The van der Waals surface area contributed by atoms with Gasteiger partial charge in [0.2, 0.25) is 10.0 Å². The zero-order chi connectivity index (χ0) is 15.7. The number of anilines is 1. The number of aliphatic hydroxyl groups excluding tert-OH is 1. The van der Waals surface area contributed by atoms with Crippen molar-refractivity contribution in [3.63, 3.8) is 0 Å². The summed E-state index contributed by atoms with van der Waals surface area (Å²) in [5.41, 5.74) is 4.39. The fraction of sp³-hybridized carbons (Fsp3) is 0.417. The highest BCUT2D eigenvalue weighted by Gasteiger charge is 2.34. The number of carboxylic acid groups (broad SMARTS) is 1. The number of sulfonamides is 1. The van der Waals surface area contributed by atoms with Crippen molar-refractivity contribution in [2.45, 2.75) is 24.3 Å². The maximum atomic E-state index is 12.4. The number of carboxylic acids is 1. The summed E-state index contributed by atoms with van der Waals surface area (Å²) in [6.07, 6.45) is 0. The quantitative estimate of drug-likeness (QED) is 0.675. The van der Waals surface area contributed by atoms with E-state index in [1.165, 1.54) is 13.1 Å². The van der Waals surface area contributed by atoms with Crippen LogP contribution in [0.15, 0.2) is 23.1 Å². The van der Waals surface area contributed by atoms with Gasteiger partial charge < -0.3 is 15.9 Å². The fourth-order valence-electron chi connectivity index (χ4n) is 1.49. The van der Waals surface area contributed by atoms with Crippen LogP contribution in [-0.2, 0) is 10.0 Å². The molecule has 0 spiro atoms. The number of aromatic carboxylic acids is 1. The Kier molecular flexibility index (Phi) is 4.42. The minimum Gasteiger partial charge on any atom is -0.478 e. The highest BCUT2D eigenvalue weighted by atomic mass is 32.2. The Labute approximate surface area is 117 Å². The molecular weight excluding hydrogens is 284 g/mol. The van der Waals surface area contributed by atoms with E-state index in [1.807, 2.05) is 0 Å². The second-order valence-corrected chi connectivity index (χ2v) is 6.94. The number of nitrogens with zero attached hydrogens (tertiary/aromatic N) is 1. The van der Waals surface area contributed by atoms with Gasteiger partial charge in [-0.2, -0.15) is 4.31 Å². The number of aliphatic hydroxyl groups is 1. The number of hydrogen-bond acceptors (Lipinski definition) is 5. The van der Waals surface area contributed by atoms with Gasteiger partial charge in [-0.25, -0.2) is 13.2 Å². The van der Waals surface area contributed by atoms with Crippen LogP contribution in [0.3, 0.4) is 0 Å². The zero-order valence-electron chi connectivity index (χ0n) is 11.5. The van der Waals surface area contributed by atoms with Crippen LogP contribution >= 0.6 is 0 Å². The molecule has 0 unspecified atom stereocenters. The van der Waals surface area contributed by atoms with E-state index in [4.69, 9.17) is 10.8 Å². The lowest BCUT2D eigenvalue weighted by molar-refractivity contribution is 0.0697. The van der Waals surface area contributed by atoms with Crippen LogP contribution in [0.4, 0.5) is 5.69 Å². The first-order valence-corrected chi connectivity index (χ1v) is 7.21. The fourth-order valence-corrected chi connectivity index (χ4v) is 3.09. The van der Waals surface area contributed by atoms with Gasteiger partial charge in [0.15, 0.2) is 0 Å². The number of likely N-dealkylation sites (N-methyl/N-ethyl adjacent to an activating group) is 1. The number of benzene rings is 1. The van der Waals surface area contributed by atoms with Crippen molar-refractivity contribution in [3.8, 4) is 0 Å². The van der Waals surface area contributed by atoms with Gasteiger partial charge in [0.05, 0.1) is 23.4 Å². The Morgan fingerprint density at radius 1 is 1.40 bits per heavy atom. The smallest absolute Gasteiger partial charge is 0.335 e. The average Bonchev–Trinajstić information content (AvgIpc) is 2.37. The van der Waals surface area contributed by atoms with E-state index in [-0.39, 0.29) is 22.8 Å². The second-order valence-electron chi connectivity index (χ2n) is 5.00. The molecule has 0 saturated carbocycles. The molecule has 8 heteroatoms. The van der Waals surface area contributed by atoms with Crippen molar-refractivity contribution in [2.75, 3.05) is 19.4 Å². The highest BCUT2D eigenvalue weighted by molar-refractivity contribution is 7.89. The minimum absolute atomic E-state index is 0.0921. The standard InChI is InChI=1S/C12H18N2O5S/c1-12(2,7-15)14(3)20(18,19)10-5-4-8(11(16)17)6-9(10)13/h4-6,15H,7,13H2,1-3H3,(H,16,17). The molecule has 112 valence electrons. The van der Waals surface area contributed by atoms with Gasteiger partial charge in [0, 0.05) is 7.05 Å². The Morgan fingerprint density at radius 2 is 1.95 bits per heavy atom. The highest BCUT2D eigenvalue weighted by Crippen LogP contribution is 2.27. The molecule has 0 atom stereocenters. The zero-order valence-corrected chi connectivity index (χ0v) is 12.3. The summed E-state index contributed by atoms with van der Waals surface area (Å²) in [6, 6.07) is 3.42. The van der Waals surface area contributed by atoms with E-state index in [0.717, 1.165) is 16.4 Å². The van der Waals surface area contributed by atoms with Crippen LogP contribution in [0.2, 0.25) is 0 Å². The number of rotatable bonds is 5. The summed E-state index contributed by atoms with van der Waals surface area (Å²) in [4.78, 5) is 10.6. The van der Waals surface area contributed by atoms with Crippen molar-refractivity contribution >= 4 is 21.7 Å². The van der Waals surface area contributed by atoms with E-state index in [0.29, 0.717) is 0 Å². The summed E-state index contributed by atoms with van der Waals surface area (Å²) in [5.74, 6) is -1.19. The maximum absolute atomic E-state index is 12.4. The maximum Gasteiger partial charge on any atom is 0.335 e. The normalized spacial score (nSPS) is 12.7. The first-order valence-electron chi connectivity index (χ1n) is 5.77. The third-order valence-corrected chi connectivity index (χ3v) is 5.28. The molecule has 0 saturated heterocycles. The lowest BCUT2D eigenvalue weighted by atomic mass is 10.1. The van der Waals surface area contributed by atoms with Crippen LogP contribution in [0.1, 0.15) is 24.2 Å². The van der Waals surface area contributed by atoms with Gasteiger partial charge in [0.1, 0.15) is 4.90 Å². The predicted molar refractivity (Wildman–Crippen MR) is 73.9 cm³/mol. The Morgan fingerprint density at radius 3 is 2.35 bits per heavy atom. The molecule has 0 aliphatic carbocycles. The van der Waals surface area contributed by atoms with Crippen molar-refractivity contribution in [3.05, 3.63) is 23.8 Å². The second kappa shape index (κ2) is 5.39. The van der Waals surface area contributed by atoms with Crippen molar-refractivity contribution in [2.24, 2.45) is 0 Å². The molecule has 4 N–H and O–H groups in total. The summed E-state index contributed by atoms with van der Waals surface area (Å²) < 4.78 is 25.9. The lowest BCUT2D eigenvalue weighted by Gasteiger charge is -2.33. The molecule has 0 aliphatic rings. The average molecular weight is 302 g/mol. The van der Waals surface area contributed by atoms with Crippen molar-refractivity contribution in [1.29, 1.82) is 0 Å². The van der Waals surface area contributed by atoms with E-state index in [9.17, 15) is 18.3 Å².